The molecule has 0 fully saturated rings. The lowest BCUT2D eigenvalue weighted by atomic mass is 10.2. The van der Waals surface area contributed by atoms with Gasteiger partial charge in [0.05, 0.1) is 6.61 Å². The molecule has 1 aromatic carbocycles. The standard InChI is InChI=1S/C15H15BrN2O4/c1-21-9-8-17-14(19)10-2-4-11(5-3-10)18-15(20)12-6-7-13(16)22-12/h2-7H,8-9H2,1H3,(H,17,19)(H,18,20). The first-order valence-corrected chi connectivity index (χ1v) is 7.33. The molecular formula is C15H15BrN2O4. The van der Waals surface area contributed by atoms with E-state index in [1.807, 2.05) is 0 Å². The average Bonchev–Trinajstić information content (AvgIpc) is 2.95. The van der Waals surface area contributed by atoms with Crippen LogP contribution in [0.2, 0.25) is 0 Å². The van der Waals surface area contributed by atoms with Crippen molar-refractivity contribution in [2.45, 2.75) is 0 Å². The second-order valence-corrected chi connectivity index (χ2v) is 5.17. The number of nitrogens with one attached hydrogen (secondary N) is 2. The van der Waals surface area contributed by atoms with Crippen LogP contribution in [0, 0.1) is 0 Å². The predicted molar refractivity (Wildman–Crippen MR) is 85.0 cm³/mol. The van der Waals surface area contributed by atoms with Crippen molar-refractivity contribution in [3.8, 4) is 0 Å². The summed E-state index contributed by atoms with van der Waals surface area (Å²) < 4.78 is 10.5. The minimum Gasteiger partial charge on any atom is -0.444 e. The van der Waals surface area contributed by atoms with Crippen molar-refractivity contribution in [1.29, 1.82) is 0 Å². The number of furan rings is 1. The van der Waals surface area contributed by atoms with Gasteiger partial charge in [0.1, 0.15) is 0 Å². The second kappa shape index (κ2) is 7.77. The number of ether oxygens (including phenoxy) is 1. The number of halogens is 1. The van der Waals surface area contributed by atoms with Crippen LogP contribution < -0.4 is 10.6 Å². The molecule has 2 rings (SSSR count). The molecule has 2 aromatic rings. The Kier molecular flexibility index (Phi) is 5.74. The van der Waals surface area contributed by atoms with E-state index in [4.69, 9.17) is 9.15 Å². The summed E-state index contributed by atoms with van der Waals surface area (Å²) in [5.41, 5.74) is 1.08. The molecule has 1 aromatic heterocycles. The summed E-state index contributed by atoms with van der Waals surface area (Å²) >= 11 is 3.14. The molecule has 2 amide bonds. The van der Waals surface area contributed by atoms with Crippen LogP contribution in [0.15, 0.2) is 45.5 Å². The van der Waals surface area contributed by atoms with Crippen LogP contribution in [-0.2, 0) is 4.74 Å². The minimum absolute atomic E-state index is 0.190. The van der Waals surface area contributed by atoms with Crippen LogP contribution in [0.4, 0.5) is 5.69 Å². The molecule has 0 bridgehead atoms. The normalized spacial score (nSPS) is 10.3. The monoisotopic (exact) mass is 366 g/mol. The maximum Gasteiger partial charge on any atom is 0.291 e. The molecule has 0 radical (unpaired) electrons. The van der Waals surface area contributed by atoms with E-state index in [1.54, 1.807) is 43.5 Å². The maximum atomic E-state index is 11.9. The first-order valence-electron chi connectivity index (χ1n) is 6.54. The highest BCUT2D eigenvalue weighted by Crippen LogP contribution is 2.16. The maximum absolute atomic E-state index is 11.9. The topological polar surface area (TPSA) is 80.6 Å². The van der Waals surface area contributed by atoms with Gasteiger partial charge in [-0.1, -0.05) is 0 Å². The molecule has 0 unspecified atom stereocenters. The molecule has 0 aliphatic carbocycles. The Labute approximate surface area is 136 Å². The number of benzene rings is 1. The van der Waals surface area contributed by atoms with E-state index < -0.39 is 0 Å². The van der Waals surface area contributed by atoms with Gasteiger partial charge in [-0.3, -0.25) is 9.59 Å². The third-order valence-corrected chi connectivity index (χ3v) is 3.22. The zero-order chi connectivity index (χ0) is 15.9. The van der Waals surface area contributed by atoms with Crippen molar-refractivity contribution < 1.29 is 18.7 Å². The first-order chi connectivity index (χ1) is 10.6. The van der Waals surface area contributed by atoms with Gasteiger partial charge >= 0.3 is 0 Å². The van der Waals surface area contributed by atoms with Crippen LogP contribution in [0.5, 0.6) is 0 Å². The van der Waals surface area contributed by atoms with Crippen molar-refractivity contribution in [1.82, 2.24) is 5.32 Å². The average molecular weight is 367 g/mol. The third kappa shape index (κ3) is 4.44. The number of amides is 2. The number of rotatable bonds is 6. The highest BCUT2D eigenvalue weighted by atomic mass is 79.9. The fourth-order valence-corrected chi connectivity index (χ4v) is 2.01. The number of hydrogen-bond acceptors (Lipinski definition) is 4. The Hall–Kier alpha value is -2.12. The molecule has 0 atom stereocenters. The molecule has 7 heteroatoms. The van der Waals surface area contributed by atoms with Crippen LogP contribution in [0.3, 0.4) is 0 Å². The summed E-state index contributed by atoms with van der Waals surface area (Å²) in [4.78, 5) is 23.7. The van der Waals surface area contributed by atoms with E-state index in [2.05, 4.69) is 26.6 Å². The summed E-state index contributed by atoms with van der Waals surface area (Å²) in [6.45, 7) is 0.903. The zero-order valence-corrected chi connectivity index (χ0v) is 13.5. The molecule has 22 heavy (non-hydrogen) atoms. The summed E-state index contributed by atoms with van der Waals surface area (Å²) in [6, 6.07) is 9.78. The Morgan fingerprint density at radius 3 is 2.45 bits per heavy atom. The van der Waals surface area contributed by atoms with Gasteiger partial charge in [-0.15, -0.1) is 0 Å². The number of carbonyl (C=O) groups excluding carboxylic acids is 2. The third-order valence-electron chi connectivity index (χ3n) is 2.79. The quantitative estimate of drug-likeness (QED) is 0.770. The van der Waals surface area contributed by atoms with E-state index in [9.17, 15) is 9.59 Å². The molecule has 0 saturated carbocycles. The molecule has 2 N–H and O–H groups in total. The van der Waals surface area contributed by atoms with E-state index in [0.717, 1.165) is 0 Å². The van der Waals surface area contributed by atoms with Gasteiger partial charge in [0, 0.05) is 24.9 Å². The Balaban J connectivity index is 1.94. The van der Waals surface area contributed by atoms with Gasteiger partial charge in [-0.05, 0) is 52.3 Å². The summed E-state index contributed by atoms with van der Waals surface area (Å²) in [5, 5.41) is 5.40. The lowest BCUT2D eigenvalue weighted by molar-refractivity contribution is 0.0936. The smallest absolute Gasteiger partial charge is 0.291 e. The molecule has 0 aliphatic rings. The molecule has 1 heterocycles. The lowest BCUT2D eigenvalue weighted by Crippen LogP contribution is -2.26. The Morgan fingerprint density at radius 1 is 1.14 bits per heavy atom. The summed E-state index contributed by atoms with van der Waals surface area (Å²) in [5.74, 6) is -0.346. The molecular weight excluding hydrogens is 352 g/mol. The van der Waals surface area contributed by atoms with Gasteiger partial charge in [0.25, 0.3) is 11.8 Å². The summed E-state index contributed by atoms with van der Waals surface area (Å²) in [7, 11) is 1.57. The molecule has 116 valence electrons. The molecule has 0 saturated heterocycles. The van der Waals surface area contributed by atoms with Gasteiger partial charge in [-0.2, -0.15) is 0 Å². The summed E-state index contributed by atoms with van der Waals surface area (Å²) in [6.07, 6.45) is 0. The SMILES string of the molecule is COCCNC(=O)c1ccc(NC(=O)c2ccc(Br)o2)cc1. The minimum atomic E-state index is -0.358. The fraction of sp³-hybridized carbons (Fsp3) is 0.200. The number of carbonyl (C=O) groups is 2. The van der Waals surface area contributed by atoms with Crippen molar-refractivity contribution in [3.63, 3.8) is 0 Å². The molecule has 6 nitrogen and oxygen atoms in total. The number of anilines is 1. The van der Waals surface area contributed by atoms with Crippen LogP contribution in [0.25, 0.3) is 0 Å². The Morgan fingerprint density at radius 2 is 1.86 bits per heavy atom. The number of methoxy groups -OCH3 is 1. The van der Waals surface area contributed by atoms with Crippen LogP contribution >= 0.6 is 15.9 Å². The number of hydrogen-bond donors (Lipinski definition) is 2. The van der Waals surface area contributed by atoms with Crippen LogP contribution in [-0.4, -0.2) is 32.1 Å². The van der Waals surface area contributed by atoms with E-state index in [1.165, 1.54) is 0 Å². The van der Waals surface area contributed by atoms with Crippen molar-refractivity contribution in [2.24, 2.45) is 0 Å². The van der Waals surface area contributed by atoms with E-state index in [-0.39, 0.29) is 17.6 Å². The zero-order valence-electron chi connectivity index (χ0n) is 11.9. The largest absolute Gasteiger partial charge is 0.444 e. The predicted octanol–water partition coefficient (Wildman–Crippen LogP) is 2.67. The van der Waals surface area contributed by atoms with Crippen molar-refractivity contribution >= 4 is 33.4 Å². The van der Waals surface area contributed by atoms with Crippen molar-refractivity contribution in [3.05, 3.63) is 52.4 Å². The van der Waals surface area contributed by atoms with Gasteiger partial charge in [-0.25, -0.2) is 0 Å². The van der Waals surface area contributed by atoms with Gasteiger partial charge in [0.15, 0.2) is 10.4 Å². The fourth-order valence-electron chi connectivity index (χ4n) is 1.70. The Bertz CT molecular complexity index is 652. The van der Waals surface area contributed by atoms with E-state index in [0.29, 0.717) is 29.1 Å². The van der Waals surface area contributed by atoms with Crippen molar-refractivity contribution in [2.75, 3.05) is 25.6 Å². The van der Waals surface area contributed by atoms with Crippen LogP contribution in [0.1, 0.15) is 20.9 Å². The first kappa shape index (κ1) is 16.3. The van der Waals surface area contributed by atoms with E-state index >= 15 is 0 Å². The highest BCUT2D eigenvalue weighted by molar-refractivity contribution is 9.10. The molecule has 0 aliphatic heterocycles. The highest BCUT2D eigenvalue weighted by Gasteiger charge is 2.11. The molecule has 0 spiro atoms. The van der Waals surface area contributed by atoms with Gasteiger partial charge in [0.2, 0.25) is 0 Å². The second-order valence-electron chi connectivity index (χ2n) is 4.38. The van der Waals surface area contributed by atoms with Gasteiger partial charge < -0.3 is 19.8 Å². The lowest BCUT2D eigenvalue weighted by Gasteiger charge is -2.06.